The normalized spacial score (nSPS) is 11.1. The molecule has 0 fully saturated rings. The molecule has 0 saturated heterocycles. The van der Waals surface area contributed by atoms with E-state index in [4.69, 9.17) is 5.26 Å². The molecule has 1 aromatic carbocycles. The highest BCUT2D eigenvalue weighted by atomic mass is 32.2. The molecule has 0 atom stereocenters. The van der Waals surface area contributed by atoms with Crippen LogP contribution in [0.25, 0.3) is 0 Å². The zero-order valence-corrected chi connectivity index (χ0v) is 12.0. The van der Waals surface area contributed by atoms with Gasteiger partial charge in [-0.25, -0.2) is 17.5 Å². The van der Waals surface area contributed by atoms with Gasteiger partial charge in [-0.3, -0.25) is 4.98 Å². The van der Waals surface area contributed by atoms with Crippen molar-refractivity contribution in [1.82, 2.24) is 9.71 Å². The number of halogens is 1. The average molecular weight is 305 g/mol. The van der Waals surface area contributed by atoms with E-state index in [0.29, 0.717) is 5.69 Å². The molecular weight excluding hydrogens is 293 g/mol. The number of nitrogens with one attached hydrogen (secondary N) is 1. The Hall–Kier alpha value is -2.30. The predicted octanol–water partition coefficient (Wildman–Crippen LogP) is 1.88. The van der Waals surface area contributed by atoms with Crippen LogP contribution in [0.1, 0.15) is 17.0 Å². The largest absolute Gasteiger partial charge is 0.257 e. The molecule has 21 heavy (non-hydrogen) atoms. The van der Waals surface area contributed by atoms with Crippen LogP contribution in [-0.2, 0) is 16.6 Å². The summed E-state index contributed by atoms with van der Waals surface area (Å²) < 4.78 is 40.1. The number of aromatic nitrogens is 1. The summed E-state index contributed by atoms with van der Waals surface area (Å²) in [5.41, 5.74) is 0.797. The summed E-state index contributed by atoms with van der Waals surface area (Å²) in [6, 6.07) is 10.3. The summed E-state index contributed by atoms with van der Waals surface area (Å²) in [4.78, 5) is 3.79. The van der Waals surface area contributed by atoms with Crippen LogP contribution in [0.5, 0.6) is 0 Å². The van der Waals surface area contributed by atoms with Crippen molar-refractivity contribution in [3.05, 3.63) is 59.2 Å². The van der Waals surface area contributed by atoms with Crippen LogP contribution in [0.15, 0.2) is 41.3 Å². The lowest BCUT2D eigenvalue weighted by Crippen LogP contribution is -2.25. The monoisotopic (exact) mass is 305 g/mol. The van der Waals surface area contributed by atoms with Gasteiger partial charge < -0.3 is 0 Å². The number of pyridine rings is 1. The minimum atomic E-state index is -3.99. The zero-order chi connectivity index (χ0) is 15.5. The summed E-state index contributed by atoms with van der Waals surface area (Å²) in [5.74, 6) is -0.867. The van der Waals surface area contributed by atoms with Crippen molar-refractivity contribution in [2.45, 2.75) is 18.4 Å². The number of sulfonamides is 1. The predicted molar refractivity (Wildman–Crippen MR) is 74.1 cm³/mol. The molecule has 5 nitrogen and oxygen atoms in total. The van der Waals surface area contributed by atoms with Gasteiger partial charge in [-0.05, 0) is 31.2 Å². The molecule has 7 heteroatoms. The Morgan fingerprint density at radius 3 is 2.67 bits per heavy atom. The molecule has 2 rings (SSSR count). The van der Waals surface area contributed by atoms with E-state index >= 15 is 0 Å². The first-order valence-corrected chi connectivity index (χ1v) is 7.53. The number of aryl methyl sites for hydroxylation is 1. The van der Waals surface area contributed by atoms with E-state index in [1.54, 1.807) is 31.2 Å². The Kier molecular flexibility index (Phi) is 4.31. The molecule has 1 N–H and O–H groups in total. The van der Waals surface area contributed by atoms with Crippen LogP contribution in [-0.4, -0.2) is 13.4 Å². The van der Waals surface area contributed by atoms with Gasteiger partial charge in [-0.1, -0.05) is 12.1 Å². The van der Waals surface area contributed by atoms with Crippen molar-refractivity contribution in [1.29, 1.82) is 5.26 Å². The molecule has 0 unspecified atom stereocenters. The number of rotatable bonds is 4. The Morgan fingerprint density at radius 2 is 2.00 bits per heavy atom. The van der Waals surface area contributed by atoms with Gasteiger partial charge in [0.15, 0.2) is 0 Å². The smallest absolute Gasteiger partial charge is 0.242 e. The second-order valence-corrected chi connectivity index (χ2v) is 6.06. The highest BCUT2D eigenvalue weighted by Gasteiger charge is 2.21. The molecule has 0 saturated carbocycles. The third-order valence-corrected chi connectivity index (χ3v) is 4.21. The van der Waals surface area contributed by atoms with Crippen LogP contribution >= 0.6 is 0 Å². The van der Waals surface area contributed by atoms with Crippen LogP contribution in [0.4, 0.5) is 4.39 Å². The Labute approximate surface area is 122 Å². The lowest BCUT2D eigenvalue weighted by atomic mass is 10.2. The van der Waals surface area contributed by atoms with Crippen molar-refractivity contribution in [3.8, 4) is 6.07 Å². The third-order valence-electron chi connectivity index (χ3n) is 2.77. The van der Waals surface area contributed by atoms with Crippen LogP contribution in [0, 0.1) is 24.1 Å². The highest BCUT2D eigenvalue weighted by molar-refractivity contribution is 7.89. The quantitative estimate of drug-likeness (QED) is 0.935. The lowest BCUT2D eigenvalue weighted by molar-refractivity contribution is 0.575. The van der Waals surface area contributed by atoms with Gasteiger partial charge in [0.1, 0.15) is 22.3 Å². The second kappa shape index (κ2) is 5.99. The molecule has 1 aromatic heterocycles. The Balaban J connectivity index is 2.28. The number of hydrogen-bond acceptors (Lipinski definition) is 4. The first-order valence-electron chi connectivity index (χ1n) is 6.05. The fourth-order valence-electron chi connectivity index (χ4n) is 1.78. The molecule has 0 aliphatic rings. The van der Waals surface area contributed by atoms with Crippen molar-refractivity contribution >= 4 is 10.0 Å². The first kappa shape index (κ1) is 15.1. The van der Waals surface area contributed by atoms with Gasteiger partial charge in [0.25, 0.3) is 0 Å². The standard InChI is InChI=1S/C14H12FN3O2S/c1-10-4-2-5-11(18-10)9-17-21(19,20)14-7-3-6-13(15)12(14)8-16/h2-7,17H,9H2,1H3. The molecule has 2 aromatic rings. The molecule has 0 bridgehead atoms. The summed E-state index contributed by atoms with van der Waals surface area (Å²) in [7, 11) is -3.99. The fraction of sp³-hybridized carbons (Fsp3) is 0.143. The molecular formula is C14H12FN3O2S. The topological polar surface area (TPSA) is 82.9 Å². The molecule has 1 heterocycles. The molecule has 0 amide bonds. The van der Waals surface area contributed by atoms with Crippen LogP contribution in [0.2, 0.25) is 0 Å². The Morgan fingerprint density at radius 1 is 1.29 bits per heavy atom. The summed E-state index contributed by atoms with van der Waals surface area (Å²) in [6.45, 7) is 1.75. The summed E-state index contributed by atoms with van der Waals surface area (Å²) in [5, 5.41) is 8.89. The van der Waals surface area contributed by atoms with E-state index in [0.717, 1.165) is 11.8 Å². The van der Waals surface area contributed by atoms with E-state index in [9.17, 15) is 12.8 Å². The van der Waals surface area contributed by atoms with E-state index < -0.39 is 21.4 Å². The van der Waals surface area contributed by atoms with Crippen molar-refractivity contribution in [2.24, 2.45) is 0 Å². The lowest BCUT2D eigenvalue weighted by Gasteiger charge is -2.08. The third kappa shape index (κ3) is 3.42. The highest BCUT2D eigenvalue weighted by Crippen LogP contribution is 2.18. The Bertz CT molecular complexity index is 813. The average Bonchev–Trinajstić information content (AvgIpc) is 2.45. The second-order valence-electron chi connectivity index (χ2n) is 4.32. The summed E-state index contributed by atoms with van der Waals surface area (Å²) in [6.07, 6.45) is 0. The molecule has 0 spiro atoms. The van der Waals surface area contributed by atoms with E-state index in [1.807, 2.05) is 0 Å². The van der Waals surface area contributed by atoms with E-state index in [-0.39, 0.29) is 11.4 Å². The van der Waals surface area contributed by atoms with Gasteiger partial charge in [0.2, 0.25) is 10.0 Å². The van der Waals surface area contributed by atoms with Crippen molar-refractivity contribution < 1.29 is 12.8 Å². The minimum Gasteiger partial charge on any atom is -0.257 e. The van der Waals surface area contributed by atoms with E-state index in [1.165, 1.54) is 12.1 Å². The van der Waals surface area contributed by atoms with Gasteiger partial charge in [-0.15, -0.1) is 0 Å². The molecule has 108 valence electrons. The first-order chi connectivity index (χ1) is 9.94. The van der Waals surface area contributed by atoms with Crippen LogP contribution in [0.3, 0.4) is 0 Å². The number of nitrogens with zero attached hydrogens (tertiary/aromatic N) is 2. The van der Waals surface area contributed by atoms with Gasteiger partial charge in [0, 0.05) is 5.69 Å². The summed E-state index contributed by atoms with van der Waals surface area (Å²) >= 11 is 0. The van der Waals surface area contributed by atoms with Gasteiger partial charge >= 0.3 is 0 Å². The van der Waals surface area contributed by atoms with Crippen molar-refractivity contribution in [3.63, 3.8) is 0 Å². The van der Waals surface area contributed by atoms with Crippen molar-refractivity contribution in [2.75, 3.05) is 0 Å². The maximum Gasteiger partial charge on any atom is 0.242 e. The van der Waals surface area contributed by atoms with E-state index in [2.05, 4.69) is 9.71 Å². The minimum absolute atomic E-state index is 0.0363. The maximum atomic E-state index is 13.5. The maximum absolute atomic E-state index is 13.5. The van der Waals surface area contributed by atoms with Gasteiger partial charge in [-0.2, -0.15) is 5.26 Å². The zero-order valence-electron chi connectivity index (χ0n) is 11.2. The number of nitriles is 1. The molecule has 0 radical (unpaired) electrons. The fourth-order valence-corrected chi connectivity index (χ4v) is 2.94. The molecule has 0 aliphatic heterocycles. The van der Waals surface area contributed by atoms with Gasteiger partial charge in [0.05, 0.1) is 12.2 Å². The SMILES string of the molecule is Cc1cccc(CNS(=O)(=O)c2cccc(F)c2C#N)n1. The number of hydrogen-bond donors (Lipinski definition) is 1. The number of benzene rings is 1. The molecule has 0 aliphatic carbocycles. The van der Waals surface area contributed by atoms with Crippen LogP contribution < -0.4 is 4.72 Å².